The highest BCUT2D eigenvalue weighted by molar-refractivity contribution is 8.00. The quantitative estimate of drug-likeness (QED) is 0.369. The van der Waals surface area contributed by atoms with E-state index in [4.69, 9.17) is 5.11 Å². The summed E-state index contributed by atoms with van der Waals surface area (Å²) in [6, 6.07) is 31.7. The van der Waals surface area contributed by atoms with E-state index in [2.05, 4.69) is 72.8 Å². The molecule has 0 unspecified atom stereocenters. The van der Waals surface area contributed by atoms with Crippen LogP contribution >= 0.6 is 11.8 Å². The maximum atomic E-state index is 10.8. The first-order valence-electron chi connectivity index (χ1n) is 9.26. The summed E-state index contributed by atoms with van der Waals surface area (Å²) in [5.74, 6) is 0.173. The van der Waals surface area contributed by atoms with Gasteiger partial charge in [-0.15, -0.1) is 11.8 Å². The number of carboxylic acids is 1. The van der Waals surface area contributed by atoms with Crippen LogP contribution in [0.4, 0.5) is 0 Å². The molecule has 3 rings (SSSR count). The first kappa shape index (κ1) is 19.2. The van der Waals surface area contributed by atoms with Gasteiger partial charge in [-0.05, 0) is 35.3 Å². The lowest BCUT2D eigenvalue weighted by atomic mass is 9.84. The maximum absolute atomic E-state index is 10.8. The molecular weight excluding hydrogens is 352 g/mol. The highest BCUT2D eigenvalue weighted by atomic mass is 32.2. The largest absolute Gasteiger partial charge is 0.481 e. The smallest absolute Gasteiger partial charge is 0.303 e. The van der Waals surface area contributed by atoms with Crippen molar-refractivity contribution in [2.24, 2.45) is 0 Å². The number of benzene rings is 3. The van der Waals surface area contributed by atoms with Crippen molar-refractivity contribution < 1.29 is 9.90 Å². The van der Waals surface area contributed by atoms with Crippen LogP contribution < -0.4 is 0 Å². The third-order valence-electron chi connectivity index (χ3n) is 4.64. The minimum absolute atomic E-state index is 0.232. The Hall–Kier alpha value is -2.52. The third-order valence-corrected chi connectivity index (χ3v) is 6.28. The van der Waals surface area contributed by atoms with E-state index < -0.39 is 5.97 Å². The number of rotatable bonds is 9. The molecule has 0 aliphatic heterocycles. The lowest BCUT2D eigenvalue weighted by molar-refractivity contribution is -0.137. The molecule has 138 valence electrons. The van der Waals surface area contributed by atoms with Crippen molar-refractivity contribution >= 4 is 17.7 Å². The molecule has 0 fully saturated rings. The van der Waals surface area contributed by atoms with Crippen LogP contribution in [0.2, 0.25) is 0 Å². The molecule has 0 aliphatic carbocycles. The number of carbonyl (C=O) groups is 1. The average molecular weight is 377 g/mol. The summed E-state index contributed by atoms with van der Waals surface area (Å²) in [4.78, 5) is 10.8. The molecule has 0 spiro atoms. The fraction of sp³-hybridized carbons (Fsp3) is 0.208. The number of hydrogen-bond acceptors (Lipinski definition) is 2. The van der Waals surface area contributed by atoms with Crippen molar-refractivity contribution in [1.82, 2.24) is 0 Å². The molecule has 27 heavy (non-hydrogen) atoms. The van der Waals surface area contributed by atoms with Crippen LogP contribution in [0.1, 0.15) is 36.0 Å². The zero-order valence-electron chi connectivity index (χ0n) is 15.3. The van der Waals surface area contributed by atoms with Gasteiger partial charge in [0, 0.05) is 6.42 Å². The van der Waals surface area contributed by atoms with Gasteiger partial charge < -0.3 is 5.11 Å². The Morgan fingerprint density at radius 2 is 1.11 bits per heavy atom. The summed E-state index contributed by atoms with van der Waals surface area (Å²) in [7, 11) is 0. The predicted molar refractivity (Wildman–Crippen MR) is 113 cm³/mol. The SMILES string of the molecule is O=C(O)CCCCSC(c1ccccc1)(c1ccccc1)c1ccccc1. The van der Waals surface area contributed by atoms with Crippen LogP contribution in [0.3, 0.4) is 0 Å². The molecule has 0 saturated carbocycles. The van der Waals surface area contributed by atoms with Crippen molar-refractivity contribution in [2.45, 2.75) is 24.0 Å². The van der Waals surface area contributed by atoms with Crippen LogP contribution in [-0.4, -0.2) is 16.8 Å². The van der Waals surface area contributed by atoms with E-state index in [1.165, 1.54) is 16.7 Å². The minimum atomic E-state index is -0.722. The molecule has 0 saturated heterocycles. The van der Waals surface area contributed by atoms with Gasteiger partial charge in [0.15, 0.2) is 0 Å². The lowest BCUT2D eigenvalue weighted by Gasteiger charge is -2.35. The summed E-state index contributed by atoms with van der Waals surface area (Å²) < 4.78 is -0.312. The number of aliphatic carboxylic acids is 1. The number of carboxylic acid groups (broad SMARTS) is 1. The first-order chi connectivity index (χ1) is 13.2. The molecule has 0 amide bonds. The van der Waals surface area contributed by atoms with Gasteiger partial charge in [-0.1, -0.05) is 91.0 Å². The van der Waals surface area contributed by atoms with Gasteiger partial charge in [-0.25, -0.2) is 0 Å². The summed E-state index contributed by atoms with van der Waals surface area (Å²) in [6.45, 7) is 0. The van der Waals surface area contributed by atoms with E-state index >= 15 is 0 Å². The summed E-state index contributed by atoms with van der Waals surface area (Å²) in [5, 5.41) is 8.90. The standard InChI is InChI=1S/C24H24O2S/c25-23(26)18-10-11-19-27-24(20-12-4-1-5-13-20,21-14-6-2-7-15-21)22-16-8-3-9-17-22/h1-9,12-17H,10-11,18-19H2,(H,25,26). The summed E-state index contributed by atoms with van der Waals surface area (Å²) in [5.41, 5.74) is 3.72. The monoisotopic (exact) mass is 376 g/mol. The van der Waals surface area contributed by atoms with Gasteiger partial charge in [0.25, 0.3) is 0 Å². The first-order valence-corrected chi connectivity index (χ1v) is 10.2. The van der Waals surface area contributed by atoms with E-state index in [9.17, 15) is 4.79 Å². The van der Waals surface area contributed by atoms with Crippen LogP contribution in [0.15, 0.2) is 91.0 Å². The molecule has 0 radical (unpaired) electrons. The van der Waals surface area contributed by atoms with Crippen LogP contribution in [0.5, 0.6) is 0 Å². The number of thioether (sulfide) groups is 1. The molecular formula is C24H24O2S. The molecule has 0 aliphatic rings. The molecule has 3 aromatic rings. The molecule has 0 atom stereocenters. The highest BCUT2D eigenvalue weighted by Gasteiger charge is 2.36. The fourth-order valence-electron chi connectivity index (χ4n) is 3.37. The molecule has 1 N–H and O–H groups in total. The topological polar surface area (TPSA) is 37.3 Å². The molecule has 2 nitrogen and oxygen atoms in total. The van der Waals surface area contributed by atoms with Crippen LogP contribution in [0.25, 0.3) is 0 Å². The summed E-state index contributed by atoms with van der Waals surface area (Å²) >= 11 is 1.89. The molecule has 3 heteroatoms. The predicted octanol–water partition coefficient (Wildman–Crippen LogP) is 5.97. The van der Waals surface area contributed by atoms with E-state index in [1.807, 2.05) is 30.0 Å². The van der Waals surface area contributed by atoms with Gasteiger partial charge in [0.05, 0.1) is 4.75 Å². The zero-order chi connectivity index (χ0) is 19.0. The van der Waals surface area contributed by atoms with E-state index in [1.54, 1.807) is 0 Å². The minimum Gasteiger partial charge on any atom is -0.481 e. The van der Waals surface area contributed by atoms with Crippen LogP contribution in [0, 0.1) is 0 Å². The van der Waals surface area contributed by atoms with Gasteiger partial charge in [-0.3, -0.25) is 4.79 Å². The Bertz CT molecular complexity index is 735. The number of unbranched alkanes of at least 4 members (excludes halogenated alkanes) is 1. The average Bonchev–Trinajstić information content (AvgIpc) is 2.73. The van der Waals surface area contributed by atoms with Crippen molar-refractivity contribution in [3.63, 3.8) is 0 Å². The summed E-state index contributed by atoms with van der Waals surface area (Å²) in [6.07, 6.45) is 1.82. The van der Waals surface area contributed by atoms with Crippen molar-refractivity contribution in [3.05, 3.63) is 108 Å². The Labute approximate surface area is 165 Å². The maximum Gasteiger partial charge on any atom is 0.303 e. The van der Waals surface area contributed by atoms with Gasteiger partial charge in [-0.2, -0.15) is 0 Å². The van der Waals surface area contributed by atoms with Crippen molar-refractivity contribution in [1.29, 1.82) is 0 Å². The Morgan fingerprint density at radius 3 is 1.48 bits per heavy atom. The van der Waals surface area contributed by atoms with Gasteiger partial charge in [0.2, 0.25) is 0 Å². The Kier molecular flexibility index (Phi) is 6.72. The van der Waals surface area contributed by atoms with Crippen molar-refractivity contribution in [2.75, 3.05) is 5.75 Å². The molecule has 3 aromatic carbocycles. The zero-order valence-corrected chi connectivity index (χ0v) is 16.1. The molecule has 0 aromatic heterocycles. The second-order valence-electron chi connectivity index (χ2n) is 6.48. The van der Waals surface area contributed by atoms with E-state index in [0.29, 0.717) is 6.42 Å². The third kappa shape index (κ3) is 4.61. The lowest BCUT2D eigenvalue weighted by Crippen LogP contribution is -2.26. The normalized spacial score (nSPS) is 11.3. The fourth-order valence-corrected chi connectivity index (χ4v) is 4.94. The van der Waals surface area contributed by atoms with Crippen LogP contribution in [-0.2, 0) is 9.54 Å². The highest BCUT2D eigenvalue weighted by Crippen LogP contribution is 2.48. The number of hydrogen-bond donors (Lipinski definition) is 1. The van der Waals surface area contributed by atoms with E-state index in [-0.39, 0.29) is 11.2 Å². The van der Waals surface area contributed by atoms with E-state index in [0.717, 1.165) is 12.2 Å². The second-order valence-corrected chi connectivity index (χ2v) is 7.79. The van der Waals surface area contributed by atoms with Gasteiger partial charge in [0.1, 0.15) is 0 Å². The van der Waals surface area contributed by atoms with Crippen molar-refractivity contribution in [3.8, 4) is 0 Å². The Morgan fingerprint density at radius 1 is 0.704 bits per heavy atom. The molecule has 0 heterocycles. The van der Waals surface area contributed by atoms with Gasteiger partial charge >= 0.3 is 5.97 Å². The molecule has 0 bridgehead atoms. The second kappa shape index (κ2) is 9.43. The Balaban J connectivity index is 2.02.